The molecule has 3 rings (SSSR count). The first-order valence-electron chi connectivity index (χ1n) is 8.59. The molecule has 0 aromatic heterocycles. The number of halogens is 1. The Kier molecular flexibility index (Phi) is 5.89. The first-order chi connectivity index (χ1) is 12.2. The van der Waals surface area contributed by atoms with E-state index < -0.39 is 0 Å². The van der Waals surface area contributed by atoms with Gasteiger partial charge in [-0.1, -0.05) is 30.3 Å². The van der Waals surface area contributed by atoms with E-state index in [0.29, 0.717) is 6.54 Å². The number of benzene rings is 2. The maximum Gasteiger partial charge on any atom is 0.165 e. The second-order valence-electron chi connectivity index (χ2n) is 6.30. The molecule has 1 aliphatic heterocycles. The van der Waals surface area contributed by atoms with Crippen LogP contribution in [-0.4, -0.2) is 50.2 Å². The molecule has 2 aromatic rings. The lowest BCUT2D eigenvalue weighted by molar-refractivity contribution is 0.120. The van der Waals surface area contributed by atoms with Crippen molar-refractivity contribution in [1.29, 1.82) is 0 Å². The summed E-state index contributed by atoms with van der Waals surface area (Å²) < 4.78 is 24.7. The van der Waals surface area contributed by atoms with Gasteiger partial charge >= 0.3 is 0 Å². The van der Waals surface area contributed by atoms with Crippen LogP contribution in [-0.2, 0) is 13.1 Å². The fourth-order valence-corrected chi connectivity index (χ4v) is 3.29. The molecule has 0 unspecified atom stereocenters. The fraction of sp³-hybridized carbons (Fsp3) is 0.400. The first kappa shape index (κ1) is 17.7. The number of methoxy groups -OCH3 is 2. The molecule has 1 fully saturated rings. The van der Waals surface area contributed by atoms with Crippen LogP contribution in [0.15, 0.2) is 42.5 Å². The monoisotopic (exact) mass is 344 g/mol. The van der Waals surface area contributed by atoms with Crippen LogP contribution < -0.4 is 9.47 Å². The highest BCUT2D eigenvalue weighted by Gasteiger charge is 2.20. The van der Waals surface area contributed by atoms with Gasteiger partial charge in [-0.25, -0.2) is 4.39 Å². The zero-order chi connectivity index (χ0) is 17.6. The Morgan fingerprint density at radius 1 is 0.800 bits per heavy atom. The molecule has 0 bridgehead atoms. The number of para-hydroxylation sites is 1. The highest BCUT2D eigenvalue weighted by molar-refractivity contribution is 5.46. The van der Waals surface area contributed by atoms with Crippen molar-refractivity contribution >= 4 is 0 Å². The molecular weight excluding hydrogens is 319 g/mol. The van der Waals surface area contributed by atoms with E-state index in [9.17, 15) is 4.39 Å². The van der Waals surface area contributed by atoms with E-state index in [2.05, 4.69) is 15.9 Å². The minimum Gasteiger partial charge on any atom is -0.493 e. The second-order valence-corrected chi connectivity index (χ2v) is 6.30. The summed E-state index contributed by atoms with van der Waals surface area (Å²) in [7, 11) is 3.33. The summed E-state index contributed by atoms with van der Waals surface area (Å²) in [4.78, 5) is 4.70. The molecule has 5 heteroatoms. The van der Waals surface area contributed by atoms with Gasteiger partial charge in [-0.2, -0.15) is 0 Å². The van der Waals surface area contributed by atoms with Crippen molar-refractivity contribution in [3.05, 3.63) is 59.4 Å². The van der Waals surface area contributed by atoms with Gasteiger partial charge in [0.1, 0.15) is 5.82 Å². The predicted molar refractivity (Wildman–Crippen MR) is 96.5 cm³/mol. The number of rotatable bonds is 6. The standard InChI is InChI=1S/C20H25FN2O2/c1-24-19-9-5-7-17(20(19)25-2)15-23-12-10-22(11-13-23)14-16-6-3-4-8-18(16)21/h3-9H,10-15H2,1-2H3. The SMILES string of the molecule is COc1cccc(CN2CCN(Cc3ccccc3F)CC2)c1OC. The van der Waals surface area contributed by atoms with Gasteiger partial charge in [0.05, 0.1) is 14.2 Å². The molecule has 2 aromatic carbocycles. The average Bonchev–Trinajstić information content (AvgIpc) is 2.65. The smallest absolute Gasteiger partial charge is 0.165 e. The van der Waals surface area contributed by atoms with Gasteiger partial charge in [0.15, 0.2) is 11.5 Å². The minimum absolute atomic E-state index is 0.119. The Bertz CT molecular complexity index is 700. The van der Waals surface area contributed by atoms with Crippen LogP contribution in [0.5, 0.6) is 11.5 Å². The van der Waals surface area contributed by atoms with Gasteiger partial charge in [-0.15, -0.1) is 0 Å². The summed E-state index contributed by atoms with van der Waals surface area (Å²) in [6.07, 6.45) is 0. The van der Waals surface area contributed by atoms with Crippen LogP contribution in [0.25, 0.3) is 0 Å². The van der Waals surface area contributed by atoms with E-state index in [1.165, 1.54) is 6.07 Å². The van der Waals surface area contributed by atoms with Crippen LogP contribution in [0.4, 0.5) is 4.39 Å². The van der Waals surface area contributed by atoms with Gasteiger partial charge in [0.25, 0.3) is 0 Å². The molecule has 1 aliphatic rings. The molecule has 1 saturated heterocycles. The van der Waals surface area contributed by atoms with E-state index in [-0.39, 0.29) is 5.82 Å². The van der Waals surface area contributed by atoms with Crippen LogP contribution >= 0.6 is 0 Å². The molecule has 4 nitrogen and oxygen atoms in total. The van der Waals surface area contributed by atoms with Gasteiger partial charge in [0.2, 0.25) is 0 Å². The molecule has 0 radical (unpaired) electrons. The summed E-state index contributed by atoms with van der Waals surface area (Å²) in [6.45, 7) is 5.27. The first-order valence-corrected chi connectivity index (χ1v) is 8.59. The number of hydrogen-bond acceptors (Lipinski definition) is 4. The lowest BCUT2D eigenvalue weighted by atomic mass is 10.1. The van der Waals surface area contributed by atoms with E-state index in [0.717, 1.165) is 55.3 Å². The summed E-state index contributed by atoms with van der Waals surface area (Å²) in [5, 5.41) is 0. The van der Waals surface area contributed by atoms with E-state index in [1.54, 1.807) is 20.3 Å². The molecule has 25 heavy (non-hydrogen) atoms. The van der Waals surface area contributed by atoms with Crippen molar-refractivity contribution in [2.24, 2.45) is 0 Å². The normalized spacial score (nSPS) is 16.0. The van der Waals surface area contributed by atoms with E-state index >= 15 is 0 Å². The van der Waals surface area contributed by atoms with Crippen molar-refractivity contribution in [1.82, 2.24) is 9.80 Å². The average molecular weight is 344 g/mol. The molecule has 0 atom stereocenters. The number of piperazine rings is 1. The van der Waals surface area contributed by atoms with Gasteiger partial charge in [0, 0.05) is 50.4 Å². The van der Waals surface area contributed by atoms with Crippen molar-refractivity contribution < 1.29 is 13.9 Å². The van der Waals surface area contributed by atoms with E-state index in [1.807, 2.05) is 24.3 Å². The summed E-state index contributed by atoms with van der Waals surface area (Å²) in [6, 6.07) is 13.0. The highest BCUT2D eigenvalue weighted by Crippen LogP contribution is 2.31. The highest BCUT2D eigenvalue weighted by atomic mass is 19.1. The van der Waals surface area contributed by atoms with Crippen LogP contribution in [0.3, 0.4) is 0 Å². The molecule has 0 spiro atoms. The Morgan fingerprint density at radius 3 is 2.00 bits per heavy atom. The third-order valence-electron chi connectivity index (χ3n) is 4.70. The van der Waals surface area contributed by atoms with Crippen LogP contribution in [0.2, 0.25) is 0 Å². The van der Waals surface area contributed by atoms with Gasteiger partial charge in [-0.3, -0.25) is 9.80 Å². The molecule has 134 valence electrons. The fourth-order valence-electron chi connectivity index (χ4n) is 3.29. The third kappa shape index (κ3) is 4.30. The maximum atomic E-state index is 13.8. The predicted octanol–water partition coefficient (Wildman–Crippen LogP) is 3.16. The molecular formula is C20H25FN2O2. The van der Waals surface area contributed by atoms with E-state index in [4.69, 9.17) is 9.47 Å². The van der Waals surface area contributed by atoms with Crippen LogP contribution in [0.1, 0.15) is 11.1 Å². The number of ether oxygens (including phenoxy) is 2. The summed E-state index contributed by atoms with van der Waals surface area (Å²) in [5.74, 6) is 1.45. The molecule has 0 N–H and O–H groups in total. The molecule has 0 amide bonds. The number of nitrogens with zero attached hydrogens (tertiary/aromatic N) is 2. The Hall–Kier alpha value is -2.11. The summed E-state index contributed by atoms with van der Waals surface area (Å²) in [5.41, 5.74) is 1.90. The lowest BCUT2D eigenvalue weighted by Crippen LogP contribution is -2.45. The van der Waals surface area contributed by atoms with Crippen molar-refractivity contribution in [3.63, 3.8) is 0 Å². The Balaban J connectivity index is 1.57. The van der Waals surface area contributed by atoms with Crippen molar-refractivity contribution in [3.8, 4) is 11.5 Å². The largest absolute Gasteiger partial charge is 0.493 e. The van der Waals surface area contributed by atoms with Gasteiger partial charge < -0.3 is 9.47 Å². The maximum absolute atomic E-state index is 13.8. The lowest BCUT2D eigenvalue weighted by Gasteiger charge is -2.35. The molecule has 0 saturated carbocycles. The van der Waals surface area contributed by atoms with Crippen molar-refractivity contribution in [2.75, 3.05) is 40.4 Å². The molecule has 1 heterocycles. The third-order valence-corrected chi connectivity index (χ3v) is 4.70. The minimum atomic E-state index is -0.119. The topological polar surface area (TPSA) is 24.9 Å². The quantitative estimate of drug-likeness (QED) is 0.804. The number of hydrogen-bond donors (Lipinski definition) is 0. The molecule has 0 aliphatic carbocycles. The zero-order valence-corrected chi connectivity index (χ0v) is 14.9. The summed E-state index contributed by atoms with van der Waals surface area (Å²) >= 11 is 0. The Labute approximate surface area is 148 Å². The second kappa shape index (κ2) is 8.32. The van der Waals surface area contributed by atoms with Gasteiger partial charge in [-0.05, 0) is 12.1 Å². The van der Waals surface area contributed by atoms with Crippen LogP contribution in [0, 0.1) is 5.82 Å². The Morgan fingerprint density at radius 2 is 1.40 bits per heavy atom. The zero-order valence-electron chi connectivity index (χ0n) is 14.9. The van der Waals surface area contributed by atoms with Crippen molar-refractivity contribution in [2.45, 2.75) is 13.1 Å².